The Kier molecular flexibility index (Phi) is 4.29. The molecule has 1 atom stereocenters. The molecule has 0 aliphatic heterocycles. The second-order valence-electron chi connectivity index (χ2n) is 5.81. The van der Waals surface area contributed by atoms with Crippen molar-refractivity contribution in [1.29, 1.82) is 0 Å². The number of hydrogen-bond acceptors (Lipinski definition) is 2. The molecule has 0 bridgehead atoms. The van der Waals surface area contributed by atoms with Gasteiger partial charge in [-0.3, -0.25) is 0 Å². The maximum atomic E-state index is 6.23. The zero-order chi connectivity index (χ0) is 14.2. The molecule has 1 aromatic carbocycles. The van der Waals surface area contributed by atoms with E-state index >= 15 is 0 Å². The van der Waals surface area contributed by atoms with Crippen molar-refractivity contribution in [2.24, 2.45) is 5.41 Å². The molecule has 104 valence electrons. The summed E-state index contributed by atoms with van der Waals surface area (Å²) >= 11 is 9.69. The van der Waals surface area contributed by atoms with Gasteiger partial charge < -0.3 is 9.73 Å². The summed E-state index contributed by atoms with van der Waals surface area (Å²) in [5.41, 5.74) is 0.833. The van der Waals surface area contributed by atoms with E-state index in [9.17, 15) is 0 Å². The highest BCUT2D eigenvalue weighted by Crippen LogP contribution is 2.38. The summed E-state index contributed by atoms with van der Waals surface area (Å²) in [6.07, 6.45) is 0. The lowest BCUT2D eigenvalue weighted by Gasteiger charge is -2.29. The Labute approximate surface area is 127 Å². The fourth-order valence-corrected chi connectivity index (χ4v) is 3.15. The van der Waals surface area contributed by atoms with Gasteiger partial charge >= 0.3 is 0 Å². The summed E-state index contributed by atoms with van der Waals surface area (Å²) in [6, 6.07) is 6.13. The van der Waals surface area contributed by atoms with Crippen LogP contribution in [-0.2, 0) is 0 Å². The molecule has 0 aliphatic carbocycles. The molecule has 1 N–H and O–H groups in total. The van der Waals surface area contributed by atoms with Gasteiger partial charge in [0, 0.05) is 9.86 Å². The molecule has 2 nitrogen and oxygen atoms in total. The predicted molar refractivity (Wildman–Crippen MR) is 84.8 cm³/mol. The SMILES string of the molecule is CCNC(c1cc2cc(Br)cc(Cl)c2o1)C(C)(C)C. The summed E-state index contributed by atoms with van der Waals surface area (Å²) in [5.74, 6) is 0.935. The standard InChI is InChI=1S/C15H19BrClNO/c1-5-18-14(15(2,3)4)12-7-9-6-10(16)8-11(17)13(9)19-12/h6-8,14,18H,5H2,1-4H3. The number of fused-ring (bicyclic) bond motifs is 1. The second kappa shape index (κ2) is 5.47. The number of nitrogens with one attached hydrogen (secondary N) is 1. The van der Waals surface area contributed by atoms with Gasteiger partial charge in [-0.05, 0) is 30.2 Å². The number of furan rings is 1. The first kappa shape index (κ1) is 14.9. The quantitative estimate of drug-likeness (QED) is 0.790. The van der Waals surface area contributed by atoms with Crippen LogP contribution in [0.4, 0.5) is 0 Å². The number of hydrogen-bond donors (Lipinski definition) is 1. The van der Waals surface area contributed by atoms with E-state index in [0.29, 0.717) is 5.02 Å². The van der Waals surface area contributed by atoms with Crippen molar-refractivity contribution in [2.45, 2.75) is 33.7 Å². The van der Waals surface area contributed by atoms with Crippen LogP contribution in [0.2, 0.25) is 5.02 Å². The Morgan fingerprint density at radius 3 is 2.58 bits per heavy atom. The van der Waals surface area contributed by atoms with Crippen molar-refractivity contribution >= 4 is 38.5 Å². The van der Waals surface area contributed by atoms with E-state index in [1.165, 1.54) is 0 Å². The first-order valence-electron chi connectivity index (χ1n) is 6.44. The van der Waals surface area contributed by atoms with Gasteiger partial charge in [0.25, 0.3) is 0 Å². The van der Waals surface area contributed by atoms with Crippen molar-refractivity contribution < 1.29 is 4.42 Å². The summed E-state index contributed by atoms with van der Waals surface area (Å²) in [5, 5.41) is 5.15. The number of benzene rings is 1. The van der Waals surface area contributed by atoms with Gasteiger partial charge in [-0.25, -0.2) is 0 Å². The average molecular weight is 345 g/mol. The third-order valence-electron chi connectivity index (χ3n) is 3.11. The normalized spacial score (nSPS) is 14.0. The Morgan fingerprint density at radius 1 is 1.32 bits per heavy atom. The topological polar surface area (TPSA) is 25.2 Å². The fourth-order valence-electron chi connectivity index (χ4n) is 2.28. The van der Waals surface area contributed by atoms with Crippen molar-refractivity contribution in [2.75, 3.05) is 6.54 Å². The highest BCUT2D eigenvalue weighted by atomic mass is 79.9. The van der Waals surface area contributed by atoms with Crippen LogP contribution in [0.3, 0.4) is 0 Å². The number of halogens is 2. The first-order chi connectivity index (χ1) is 8.82. The Morgan fingerprint density at radius 2 is 2.00 bits per heavy atom. The second-order valence-corrected chi connectivity index (χ2v) is 7.13. The van der Waals surface area contributed by atoms with Crippen molar-refractivity contribution in [3.8, 4) is 0 Å². The molecule has 1 heterocycles. The minimum atomic E-state index is 0.0770. The van der Waals surface area contributed by atoms with Crippen LogP contribution in [0.15, 0.2) is 27.1 Å². The van der Waals surface area contributed by atoms with E-state index < -0.39 is 0 Å². The van der Waals surface area contributed by atoms with Crippen LogP contribution >= 0.6 is 27.5 Å². The van der Waals surface area contributed by atoms with Crippen LogP contribution in [0, 0.1) is 5.41 Å². The highest BCUT2D eigenvalue weighted by molar-refractivity contribution is 9.10. The van der Waals surface area contributed by atoms with E-state index in [1.807, 2.05) is 12.1 Å². The van der Waals surface area contributed by atoms with Crippen LogP contribution < -0.4 is 5.32 Å². The molecule has 1 aromatic heterocycles. The van der Waals surface area contributed by atoms with Crippen molar-refractivity contribution in [1.82, 2.24) is 5.32 Å². The fraction of sp³-hybridized carbons (Fsp3) is 0.467. The summed E-state index contributed by atoms with van der Waals surface area (Å²) in [4.78, 5) is 0. The summed E-state index contributed by atoms with van der Waals surface area (Å²) in [7, 11) is 0. The predicted octanol–water partition coefficient (Wildman–Crippen LogP) is 5.55. The molecule has 2 aromatic rings. The van der Waals surface area contributed by atoms with Crippen molar-refractivity contribution in [3.05, 3.63) is 33.5 Å². The molecule has 0 saturated carbocycles. The monoisotopic (exact) mass is 343 g/mol. The Hall–Kier alpha value is -0.510. The zero-order valence-electron chi connectivity index (χ0n) is 11.7. The minimum absolute atomic E-state index is 0.0770. The van der Waals surface area contributed by atoms with Crippen LogP contribution in [0.25, 0.3) is 11.0 Å². The molecule has 0 radical (unpaired) electrons. The minimum Gasteiger partial charge on any atom is -0.458 e. The molecular weight excluding hydrogens is 326 g/mol. The van der Waals surface area contributed by atoms with Gasteiger partial charge in [0.05, 0.1) is 11.1 Å². The van der Waals surface area contributed by atoms with E-state index in [1.54, 1.807) is 0 Å². The molecular formula is C15H19BrClNO. The van der Waals surface area contributed by atoms with E-state index in [-0.39, 0.29) is 11.5 Å². The third-order valence-corrected chi connectivity index (χ3v) is 3.85. The van der Waals surface area contributed by atoms with Crippen LogP contribution in [0.1, 0.15) is 39.5 Å². The van der Waals surface area contributed by atoms with Gasteiger partial charge in [0.15, 0.2) is 5.58 Å². The first-order valence-corrected chi connectivity index (χ1v) is 7.62. The summed E-state index contributed by atoms with van der Waals surface area (Å²) in [6.45, 7) is 9.60. The largest absolute Gasteiger partial charge is 0.458 e. The van der Waals surface area contributed by atoms with E-state index in [2.05, 4.69) is 55.0 Å². The molecule has 0 amide bonds. The molecule has 2 rings (SSSR count). The average Bonchev–Trinajstić information content (AvgIpc) is 2.67. The van der Waals surface area contributed by atoms with Gasteiger partial charge in [-0.15, -0.1) is 0 Å². The highest BCUT2D eigenvalue weighted by Gasteiger charge is 2.28. The maximum absolute atomic E-state index is 6.23. The van der Waals surface area contributed by atoms with E-state index in [0.717, 1.165) is 27.7 Å². The molecule has 0 saturated heterocycles. The lowest BCUT2D eigenvalue weighted by atomic mass is 9.85. The maximum Gasteiger partial charge on any atom is 0.153 e. The van der Waals surface area contributed by atoms with E-state index in [4.69, 9.17) is 16.0 Å². The van der Waals surface area contributed by atoms with Gasteiger partial charge in [0.1, 0.15) is 5.76 Å². The summed E-state index contributed by atoms with van der Waals surface area (Å²) < 4.78 is 6.95. The van der Waals surface area contributed by atoms with Gasteiger partial charge in [0.2, 0.25) is 0 Å². The lowest BCUT2D eigenvalue weighted by molar-refractivity contribution is 0.244. The van der Waals surface area contributed by atoms with Gasteiger partial charge in [-0.1, -0.05) is 55.2 Å². The van der Waals surface area contributed by atoms with Crippen molar-refractivity contribution in [3.63, 3.8) is 0 Å². The number of rotatable bonds is 3. The van der Waals surface area contributed by atoms with Gasteiger partial charge in [-0.2, -0.15) is 0 Å². The molecule has 0 fully saturated rings. The zero-order valence-corrected chi connectivity index (χ0v) is 14.0. The lowest BCUT2D eigenvalue weighted by Crippen LogP contribution is -2.31. The Bertz CT molecular complexity index is 586. The molecule has 0 spiro atoms. The smallest absolute Gasteiger partial charge is 0.153 e. The van der Waals surface area contributed by atoms with Crippen LogP contribution in [0.5, 0.6) is 0 Å². The molecule has 19 heavy (non-hydrogen) atoms. The molecule has 1 unspecified atom stereocenters. The molecule has 4 heteroatoms. The van der Waals surface area contributed by atoms with Crippen LogP contribution in [-0.4, -0.2) is 6.54 Å². The molecule has 0 aliphatic rings. The Balaban J connectivity index is 2.52. The third kappa shape index (κ3) is 3.15.